The van der Waals surface area contributed by atoms with Gasteiger partial charge in [0, 0.05) is 29.9 Å². The second-order valence-corrected chi connectivity index (χ2v) is 11.4. The number of nitrogens with two attached hydrogens (primary N) is 2. The molecule has 0 saturated carbocycles. The maximum absolute atomic E-state index is 12.6. The number of carboxylic acids is 2. The largest absolute Gasteiger partial charge is 0.490 e. The van der Waals surface area contributed by atoms with Crippen molar-refractivity contribution in [1.82, 2.24) is 0 Å². The molecule has 4 rings (SSSR count). The van der Waals surface area contributed by atoms with Gasteiger partial charge < -0.3 is 21.7 Å². The number of aliphatic carboxylic acids is 2. The number of carbonyl (C=O) groups excluding carboxylic acids is 2. The Morgan fingerprint density at radius 1 is 0.933 bits per heavy atom. The number of anilines is 2. The van der Waals surface area contributed by atoms with Crippen molar-refractivity contribution in [2.24, 2.45) is 11.5 Å². The number of hydrogen-bond acceptors (Lipinski definition) is 7. The number of carboxylic acid groups (broad SMARTS) is 2. The Kier molecular flexibility index (Phi) is 12.6. The molecular formula is C29H31F3N4O8S. The smallest absolute Gasteiger partial charge is 0.480 e. The van der Waals surface area contributed by atoms with E-state index in [-0.39, 0.29) is 11.7 Å². The molecule has 3 aromatic carbocycles. The van der Waals surface area contributed by atoms with E-state index in [0.29, 0.717) is 42.0 Å². The summed E-state index contributed by atoms with van der Waals surface area (Å²) in [7, 11) is -3.27. The molecule has 6 N–H and O–H groups in total. The third-order valence-electron chi connectivity index (χ3n) is 6.18. The number of benzene rings is 3. The maximum atomic E-state index is 12.6. The van der Waals surface area contributed by atoms with Crippen LogP contribution >= 0.6 is 0 Å². The van der Waals surface area contributed by atoms with Gasteiger partial charge in [0.2, 0.25) is 15.9 Å². The third kappa shape index (κ3) is 10.3. The molecule has 0 atom stereocenters. The molecule has 0 aliphatic carbocycles. The molecule has 3 aromatic rings. The van der Waals surface area contributed by atoms with Crippen molar-refractivity contribution in [3.63, 3.8) is 0 Å². The fourth-order valence-corrected chi connectivity index (χ4v) is 5.11. The van der Waals surface area contributed by atoms with Crippen LogP contribution in [0.1, 0.15) is 38.8 Å². The average Bonchev–Trinajstić information content (AvgIpc) is 3.44. The summed E-state index contributed by atoms with van der Waals surface area (Å²) in [6.07, 6.45) is -4.41. The van der Waals surface area contributed by atoms with Crippen LogP contribution in [0.3, 0.4) is 0 Å². The average molecular weight is 653 g/mol. The highest BCUT2D eigenvalue weighted by Gasteiger charge is 2.38. The first-order chi connectivity index (χ1) is 21.0. The molecule has 0 fully saturated rings. The predicted octanol–water partition coefficient (Wildman–Crippen LogP) is 3.01. The molecule has 12 nitrogen and oxygen atoms in total. The quantitative estimate of drug-likeness (QED) is 0.282. The van der Waals surface area contributed by atoms with Gasteiger partial charge in [-0.2, -0.15) is 13.2 Å². The van der Waals surface area contributed by atoms with E-state index in [0.717, 1.165) is 11.1 Å². The van der Waals surface area contributed by atoms with Gasteiger partial charge in [-0.1, -0.05) is 36.4 Å². The monoisotopic (exact) mass is 652 g/mol. The summed E-state index contributed by atoms with van der Waals surface area (Å²) < 4.78 is 56.8. The highest BCUT2D eigenvalue weighted by molar-refractivity contribution is 7.92. The van der Waals surface area contributed by atoms with Crippen LogP contribution < -0.4 is 20.7 Å². The Morgan fingerprint density at radius 3 is 2.07 bits per heavy atom. The first kappa shape index (κ1) is 36.2. The Hall–Kier alpha value is -4.96. The van der Waals surface area contributed by atoms with Crippen LogP contribution in [0.4, 0.5) is 24.5 Å². The van der Waals surface area contributed by atoms with Crippen molar-refractivity contribution in [3.8, 4) is 0 Å². The van der Waals surface area contributed by atoms with E-state index in [2.05, 4.69) is 0 Å². The highest BCUT2D eigenvalue weighted by atomic mass is 32.2. The molecule has 0 unspecified atom stereocenters. The number of rotatable bonds is 8. The van der Waals surface area contributed by atoms with Crippen LogP contribution in [0.25, 0.3) is 0 Å². The van der Waals surface area contributed by atoms with Crippen molar-refractivity contribution < 1.29 is 51.0 Å². The molecule has 0 spiro atoms. The molecule has 1 heterocycles. The van der Waals surface area contributed by atoms with Crippen LogP contribution in [0.15, 0.2) is 72.8 Å². The van der Waals surface area contributed by atoms with E-state index in [1.165, 1.54) is 9.21 Å². The van der Waals surface area contributed by atoms with Gasteiger partial charge in [0.25, 0.3) is 5.91 Å². The molecule has 242 valence electrons. The fourth-order valence-electron chi connectivity index (χ4n) is 3.96. The van der Waals surface area contributed by atoms with Crippen LogP contribution in [0, 0.1) is 0 Å². The molecule has 2 amide bonds. The van der Waals surface area contributed by atoms with Gasteiger partial charge in [-0.15, -0.1) is 0 Å². The molecule has 0 saturated heterocycles. The number of hydrogen-bond donors (Lipinski definition) is 4. The van der Waals surface area contributed by atoms with Crippen LogP contribution in [-0.2, 0) is 32.6 Å². The van der Waals surface area contributed by atoms with E-state index in [9.17, 15) is 36.0 Å². The molecular weight excluding hydrogens is 621 g/mol. The fraction of sp³-hybridized carbons (Fsp3) is 0.241. The molecule has 0 radical (unpaired) electrons. The third-order valence-corrected chi connectivity index (χ3v) is 7.96. The van der Waals surface area contributed by atoms with Gasteiger partial charge in [0.1, 0.15) is 6.54 Å². The Bertz CT molecular complexity index is 1630. The first-order valence-electron chi connectivity index (χ1n) is 13.1. The number of para-hydroxylation sites is 1. The van der Waals surface area contributed by atoms with Gasteiger partial charge in [0.05, 0.1) is 11.4 Å². The standard InChI is InChI=1S/C16H16N2O3.C11H14N2O3S.C2HF3O2/c17-10-12-5-4-6-13(9-12)16(21)18(11-15(19)20)14-7-2-1-3-8-14;1-2-17(15,16)13-6-5-8-3-4-9(11(12)14)7-10(8)13;3-2(4,5)1(6)7/h1-9H,10-11,17H2,(H,19,20);3-4,7H,2,5-6H2,1H3,(H2,12,14);(H,6,7). The lowest BCUT2D eigenvalue weighted by Crippen LogP contribution is -2.35. The minimum atomic E-state index is -5.08. The van der Waals surface area contributed by atoms with Gasteiger partial charge in [-0.25, -0.2) is 13.2 Å². The summed E-state index contributed by atoms with van der Waals surface area (Å²) in [5, 5.41) is 16.2. The number of fused-ring (bicyclic) bond motifs is 1. The second-order valence-electron chi connectivity index (χ2n) is 9.26. The van der Waals surface area contributed by atoms with Gasteiger partial charge >= 0.3 is 18.1 Å². The number of amides is 2. The van der Waals surface area contributed by atoms with E-state index in [1.54, 1.807) is 67.6 Å². The van der Waals surface area contributed by atoms with Crippen molar-refractivity contribution in [2.75, 3.05) is 28.0 Å². The Balaban J connectivity index is 0.000000263. The summed E-state index contributed by atoms with van der Waals surface area (Å²) in [4.78, 5) is 44.8. The Morgan fingerprint density at radius 2 is 1.56 bits per heavy atom. The SMILES string of the molecule is CCS(=O)(=O)N1CCc2ccc(C(N)=O)cc21.NCc1cccc(C(=O)N(CC(=O)O)c2ccccc2)c1.O=C(O)C(F)(F)F. The van der Waals surface area contributed by atoms with Crippen molar-refractivity contribution in [2.45, 2.75) is 26.1 Å². The number of primary amides is 1. The van der Waals surface area contributed by atoms with Crippen molar-refractivity contribution in [3.05, 3.63) is 95.1 Å². The molecule has 0 bridgehead atoms. The summed E-state index contributed by atoms with van der Waals surface area (Å²) in [6, 6.07) is 20.6. The lowest BCUT2D eigenvalue weighted by molar-refractivity contribution is -0.192. The summed E-state index contributed by atoms with van der Waals surface area (Å²) >= 11 is 0. The summed E-state index contributed by atoms with van der Waals surface area (Å²) in [5.41, 5.74) is 14.4. The lowest BCUT2D eigenvalue weighted by atomic mass is 10.1. The normalized spacial score (nSPS) is 12.1. The van der Waals surface area contributed by atoms with Crippen LogP contribution in [0.5, 0.6) is 0 Å². The van der Waals surface area contributed by atoms with E-state index in [4.69, 9.17) is 26.5 Å². The maximum Gasteiger partial charge on any atom is 0.490 e. The minimum Gasteiger partial charge on any atom is -0.480 e. The second kappa shape index (κ2) is 15.7. The zero-order chi connectivity index (χ0) is 33.9. The number of halogens is 3. The zero-order valence-corrected chi connectivity index (χ0v) is 24.7. The first-order valence-corrected chi connectivity index (χ1v) is 14.7. The van der Waals surface area contributed by atoms with Crippen molar-refractivity contribution in [1.29, 1.82) is 0 Å². The minimum absolute atomic E-state index is 0.0488. The summed E-state index contributed by atoms with van der Waals surface area (Å²) in [6.45, 7) is 1.97. The number of nitrogens with zero attached hydrogens (tertiary/aromatic N) is 2. The van der Waals surface area contributed by atoms with Crippen LogP contribution in [0.2, 0.25) is 0 Å². The van der Waals surface area contributed by atoms with Crippen molar-refractivity contribution >= 4 is 45.2 Å². The highest BCUT2D eigenvalue weighted by Crippen LogP contribution is 2.31. The van der Waals surface area contributed by atoms with Gasteiger partial charge in [0.15, 0.2) is 0 Å². The summed E-state index contributed by atoms with van der Waals surface area (Å²) in [5.74, 6) is -4.69. The van der Waals surface area contributed by atoms with Gasteiger partial charge in [-0.05, 0) is 60.9 Å². The lowest BCUT2D eigenvalue weighted by Gasteiger charge is -2.21. The van der Waals surface area contributed by atoms with Crippen LogP contribution in [-0.4, -0.2) is 67.4 Å². The molecule has 1 aliphatic heterocycles. The van der Waals surface area contributed by atoms with E-state index in [1.807, 2.05) is 12.1 Å². The molecule has 1 aliphatic rings. The predicted molar refractivity (Wildman–Crippen MR) is 159 cm³/mol. The molecule has 0 aromatic heterocycles. The topological polar surface area (TPSA) is 201 Å². The Labute approximate surface area is 256 Å². The van der Waals surface area contributed by atoms with E-state index >= 15 is 0 Å². The molecule has 16 heteroatoms. The zero-order valence-electron chi connectivity index (χ0n) is 23.9. The van der Waals surface area contributed by atoms with Gasteiger partial charge in [-0.3, -0.25) is 23.6 Å². The molecule has 45 heavy (non-hydrogen) atoms. The number of alkyl halides is 3. The number of carbonyl (C=O) groups is 4. The van der Waals surface area contributed by atoms with E-state index < -0.39 is 40.6 Å². The number of sulfonamides is 1.